The molecule has 0 aromatic heterocycles. The molecule has 0 radical (unpaired) electrons. The predicted molar refractivity (Wildman–Crippen MR) is 114 cm³/mol. The van der Waals surface area contributed by atoms with Crippen LogP contribution in [-0.2, 0) is 11.2 Å². The largest absolute Gasteiger partial charge is 0.493 e. The zero-order valence-corrected chi connectivity index (χ0v) is 17.5. The van der Waals surface area contributed by atoms with Gasteiger partial charge in [-0.2, -0.15) is 0 Å². The van der Waals surface area contributed by atoms with E-state index < -0.39 is 12.0 Å². The number of aliphatic hydroxyl groups is 1. The lowest BCUT2D eigenvalue weighted by Crippen LogP contribution is -2.30. The molecule has 5 nitrogen and oxygen atoms in total. The van der Waals surface area contributed by atoms with Gasteiger partial charge in [0.25, 0.3) is 5.91 Å². The van der Waals surface area contributed by atoms with Crippen molar-refractivity contribution in [2.75, 3.05) is 20.3 Å². The summed E-state index contributed by atoms with van der Waals surface area (Å²) in [5.41, 5.74) is 1.48. The van der Waals surface area contributed by atoms with E-state index in [9.17, 15) is 9.90 Å². The lowest BCUT2D eigenvalue weighted by molar-refractivity contribution is -0.129. The maximum atomic E-state index is 12.1. The Morgan fingerprint density at radius 2 is 1.93 bits per heavy atom. The number of methoxy groups -OCH3 is 1. The molecule has 0 spiro atoms. The minimum Gasteiger partial charge on any atom is -0.493 e. The fourth-order valence-electron chi connectivity index (χ4n) is 2.59. The first kappa shape index (κ1) is 22.6. The van der Waals surface area contributed by atoms with Crippen LogP contribution in [0.5, 0.6) is 11.5 Å². The number of carbonyl (C=O) groups excluding carboxylic acids is 1. The summed E-state index contributed by atoms with van der Waals surface area (Å²) in [5.74, 6) is 6.79. The Morgan fingerprint density at radius 1 is 1.17 bits per heavy atom. The van der Waals surface area contributed by atoms with Gasteiger partial charge in [-0.05, 0) is 48.2 Å². The van der Waals surface area contributed by atoms with Gasteiger partial charge < -0.3 is 19.9 Å². The number of hydrogen-bond donors (Lipinski definition) is 2. The molecule has 0 fully saturated rings. The van der Waals surface area contributed by atoms with Crippen LogP contribution in [0.4, 0.5) is 0 Å². The van der Waals surface area contributed by atoms with E-state index in [1.165, 1.54) is 0 Å². The van der Waals surface area contributed by atoms with Crippen molar-refractivity contribution in [2.45, 2.75) is 32.3 Å². The van der Waals surface area contributed by atoms with Crippen molar-refractivity contribution in [3.8, 4) is 23.3 Å². The van der Waals surface area contributed by atoms with Crippen LogP contribution in [0.25, 0.3) is 0 Å². The van der Waals surface area contributed by atoms with Crippen molar-refractivity contribution in [1.29, 1.82) is 0 Å². The number of benzene rings is 2. The molecule has 0 bridgehead atoms. The van der Waals surface area contributed by atoms with E-state index in [-0.39, 0.29) is 0 Å². The van der Waals surface area contributed by atoms with Crippen LogP contribution >= 0.6 is 11.6 Å². The summed E-state index contributed by atoms with van der Waals surface area (Å²) in [6, 6.07) is 12.2. The second-order valence-corrected chi connectivity index (χ2v) is 6.81. The first-order chi connectivity index (χ1) is 14.0. The lowest BCUT2D eigenvalue weighted by Gasteiger charge is -2.13. The number of unbranched alkanes of at least 4 members (excludes halogenated alkanes) is 1. The van der Waals surface area contributed by atoms with Crippen LogP contribution in [0.2, 0.25) is 5.02 Å². The second kappa shape index (κ2) is 12.0. The van der Waals surface area contributed by atoms with Crippen LogP contribution in [0.3, 0.4) is 0 Å². The summed E-state index contributed by atoms with van der Waals surface area (Å²) >= 11 is 5.82. The highest BCUT2D eigenvalue weighted by molar-refractivity contribution is 6.30. The number of rotatable bonds is 9. The summed E-state index contributed by atoms with van der Waals surface area (Å²) in [6.45, 7) is 2.78. The van der Waals surface area contributed by atoms with Gasteiger partial charge in [-0.25, -0.2) is 0 Å². The Morgan fingerprint density at radius 3 is 2.62 bits per heavy atom. The minimum atomic E-state index is -1.23. The van der Waals surface area contributed by atoms with E-state index in [0.29, 0.717) is 41.7 Å². The first-order valence-electron chi connectivity index (χ1n) is 9.51. The van der Waals surface area contributed by atoms with Gasteiger partial charge in [0.1, 0.15) is 6.61 Å². The molecule has 0 saturated heterocycles. The zero-order valence-electron chi connectivity index (χ0n) is 16.7. The molecule has 154 valence electrons. The molecule has 0 saturated carbocycles. The summed E-state index contributed by atoms with van der Waals surface area (Å²) in [5, 5.41) is 13.4. The van der Waals surface area contributed by atoms with Gasteiger partial charge in [0.05, 0.1) is 7.11 Å². The average Bonchev–Trinajstić information content (AvgIpc) is 2.74. The maximum absolute atomic E-state index is 12.1. The van der Waals surface area contributed by atoms with Gasteiger partial charge in [-0.3, -0.25) is 4.79 Å². The molecular weight excluding hydrogens is 390 g/mol. The van der Waals surface area contributed by atoms with Crippen molar-refractivity contribution in [1.82, 2.24) is 5.32 Å². The van der Waals surface area contributed by atoms with Crippen molar-refractivity contribution in [2.24, 2.45) is 0 Å². The molecule has 0 aliphatic carbocycles. The van der Waals surface area contributed by atoms with Crippen LogP contribution in [0, 0.1) is 11.8 Å². The molecule has 0 aliphatic heterocycles. The molecular formula is C23H26ClNO4. The number of hydrogen-bond acceptors (Lipinski definition) is 4. The third-order valence-corrected chi connectivity index (χ3v) is 4.43. The van der Waals surface area contributed by atoms with E-state index in [2.05, 4.69) is 24.1 Å². The zero-order chi connectivity index (χ0) is 21.1. The van der Waals surface area contributed by atoms with Gasteiger partial charge in [-0.15, -0.1) is 0 Å². The van der Waals surface area contributed by atoms with Gasteiger partial charge in [0.15, 0.2) is 17.6 Å². The SMILES string of the molecule is CCCC#CCOc1ccc(CCNC(=O)C(O)c2ccc(Cl)cc2)cc1OC. The number of halogens is 1. The molecule has 1 unspecified atom stereocenters. The summed E-state index contributed by atoms with van der Waals surface area (Å²) < 4.78 is 11.0. The lowest BCUT2D eigenvalue weighted by atomic mass is 10.1. The highest BCUT2D eigenvalue weighted by Gasteiger charge is 2.16. The number of aliphatic hydroxyl groups excluding tert-OH is 1. The number of ether oxygens (including phenoxy) is 2. The molecule has 29 heavy (non-hydrogen) atoms. The fourth-order valence-corrected chi connectivity index (χ4v) is 2.71. The van der Waals surface area contributed by atoms with Crippen molar-refractivity contribution < 1.29 is 19.4 Å². The highest BCUT2D eigenvalue weighted by atomic mass is 35.5. The van der Waals surface area contributed by atoms with E-state index >= 15 is 0 Å². The van der Waals surface area contributed by atoms with E-state index in [1.54, 1.807) is 31.4 Å². The Kier molecular flexibility index (Phi) is 9.36. The van der Waals surface area contributed by atoms with Crippen molar-refractivity contribution in [3.63, 3.8) is 0 Å². The van der Waals surface area contributed by atoms with Gasteiger partial charge in [0.2, 0.25) is 0 Å². The Labute approximate surface area is 177 Å². The molecule has 6 heteroatoms. The normalized spacial score (nSPS) is 11.2. The molecule has 2 N–H and O–H groups in total. The Balaban J connectivity index is 1.86. The standard InChI is InChI=1S/C23H26ClNO4/c1-3-4-5-6-15-29-20-12-7-17(16-21(20)28-2)13-14-25-23(27)22(26)18-8-10-19(24)11-9-18/h7-12,16,22,26H,3-4,13-15H2,1-2H3,(H,25,27). The number of nitrogens with one attached hydrogen (secondary N) is 1. The van der Waals surface area contributed by atoms with Gasteiger partial charge in [-0.1, -0.05) is 48.6 Å². The van der Waals surface area contributed by atoms with Crippen molar-refractivity contribution >= 4 is 17.5 Å². The van der Waals surface area contributed by atoms with Gasteiger partial charge >= 0.3 is 0 Å². The molecule has 2 aromatic carbocycles. The van der Waals surface area contributed by atoms with Crippen LogP contribution in [-0.4, -0.2) is 31.3 Å². The fraction of sp³-hybridized carbons (Fsp3) is 0.348. The molecule has 1 atom stereocenters. The second-order valence-electron chi connectivity index (χ2n) is 6.37. The Bertz CT molecular complexity index is 855. The van der Waals surface area contributed by atoms with Crippen molar-refractivity contribution in [3.05, 3.63) is 58.6 Å². The minimum absolute atomic E-state index is 0.314. The molecule has 1 amide bonds. The van der Waals surface area contributed by atoms with E-state index in [1.807, 2.05) is 18.2 Å². The summed E-state index contributed by atoms with van der Waals surface area (Å²) in [7, 11) is 1.58. The molecule has 2 rings (SSSR count). The average molecular weight is 416 g/mol. The number of amides is 1. The third-order valence-electron chi connectivity index (χ3n) is 4.17. The predicted octanol–water partition coefficient (Wildman–Crippen LogP) is 3.92. The van der Waals surface area contributed by atoms with Crippen LogP contribution < -0.4 is 14.8 Å². The molecule has 0 heterocycles. The van der Waals surface area contributed by atoms with Gasteiger partial charge in [0, 0.05) is 18.0 Å². The first-order valence-corrected chi connectivity index (χ1v) is 9.89. The van der Waals surface area contributed by atoms with Crippen LogP contribution in [0.15, 0.2) is 42.5 Å². The van der Waals surface area contributed by atoms with E-state index in [0.717, 1.165) is 18.4 Å². The summed E-state index contributed by atoms with van der Waals surface area (Å²) in [4.78, 5) is 12.1. The smallest absolute Gasteiger partial charge is 0.253 e. The monoisotopic (exact) mass is 415 g/mol. The highest BCUT2D eigenvalue weighted by Crippen LogP contribution is 2.28. The molecule has 0 aliphatic rings. The Hall–Kier alpha value is -2.68. The number of carbonyl (C=O) groups is 1. The maximum Gasteiger partial charge on any atom is 0.253 e. The van der Waals surface area contributed by atoms with Crippen LogP contribution in [0.1, 0.15) is 37.0 Å². The topological polar surface area (TPSA) is 67.8 Å². The quantitative estimate of drug-likeness (QED) is 0.609. The summed E-state index contributed by atoms with van der Waals surface area (Å²) in [6.07, 6.45) is 1.24. The molecule has 2 aromatic rings. The third kappa shape index (κ3) is 7.34. The van der Waals surface area contributed by atoms with E-state index in [4.69, 9.17) is 21.1 Å².